The van der Waals surface area contributed by atoms with Gasteiger partial charge in [0.25, 0.3) is 0 Å². The molecule has 0 aromatic heterocycles. The molecule has 1 saturated heterocycles. The predicted molar refractivity (Wildman–Crippen MR) is 90.4 cm³/mol. The summed E-state index contributed by atoms with van der Waals surface area (Å²) in [6, 6.07) is 10.1. The Bertz CT molecular complexity index is 470. The van der Waals surface area contributed by atoms with Crippen LogP contribution in [-0.4, -0.2) is 49.4 Å². The van der Waals surface area contributed by atoms with E-state index in [1.807, 2.05) is 43.9 Å². The summed E-state index contributed by atoms with van der Waals surface area (Å²) in [5.74, 6) is 0. The highest BCUT2D eigenvalue weighted by Crippen LogP contribution is 2.15. The van der Waals surface area contributed by atoms with Crippen LogP contribution in [0.3, 0.4) is 0 Å². The van der Waals surface area contributed by atoms with Crippen LogP contribution in [0.4, 0.5) is 4.79 Å². The Labute approximate surface area is 139 Å². The minimum atomic E-state index is -0.0110. The second kappa shape index (κ2) is 8.89. The molecule has 1 aliphatic rings. The van der Waals surface area contributed by atoms with Gasteiger partial charge < -0.3 is 19.7 Å². The number of carbonyl (C=O) groups is 1. The van der Waals surface area contributed by atoms with Gasteiger partial charge in [0.15, 0.2) is 0 Å². The van der Waals surface area contributed by atoms with Crippen molar-refractivity contribution in [3.63, 3.8) is 0 Å². The van der Waals surface area contributed by atoms with E-state index in [0.717, 1.165) is 6.42 Å². The number of benzene rings is 1. The molecule has 23 heavy (non-hydrogen) atoms. The van der Waals surface area contributed by atoms with Crippen LogP contribution in [0.1, 0.15) is 38.9 Å². The molecule has 0 saturated carbocycles. The molecule has 1 aliphatic heterocycles. The summed E-state index contributed by atoms with van der Waals surface area (Å²) in [4.78, 5) is 14.0. The van der Waals surface area contributed by atoms with E-state index in [1.165, 1.54) is 5.56 Å². The molecule has 1 N–H and O–H groups in total. The summed E-state index contributed by atoms with van der Waals surface area (Å²) in [5, 5.41) is 2.96. The van der Waals surface area contributed by atoms with Crippen LogP contribution in [0.25, 0.3) is 0 Å². The fourth-order valence-corrected chi connectivity index (χ4v) is 2.80. The Hall–Kier alpha value is -1.59. The van der Waals surface area contributed by atoms with Crippen LogP contribution < -0.4 is 5.32 Å². The van der Waals surface area contributed by atoms with E-state index in [-0.39, 0.29) is 24.3 Å². The van der Waals surface area contributed by atoms with Gasteiger partial charge in [-0.3, -0.25) is 0 Å². The molecule has 0 bridgehead atoms. The van der Waals surface area contributed by atoms with Gasteiger partial charge in [-0.2, -0.15) is 0 Å². The number of carbonyl (C=O) groups excluding carboxylic acids is 1. The van der Waals surface area contributed by atoms with Crippen molar-refractivity contribution in [3.8, 4) is 0 Å². The van der Waals surface area contributed by atoms with Gasteiger partial charge in [-0.15, -0.1) is 0 Å². The summed E-state index contributed by atoms with van der Waals surface area (Å²) in [6.45, 7) is 8.59. The van der Waals surface area contributed by atoms with Gasteiger partial charge in [-0.25, -0.2) is 4.79 Å². The third kappa shape index (κ3) is 5.84. The molecule has 5 heteroatoms. The second-order valence-corrected chi connectivity index (χ2v) is 6.17. The van der Waals surface area contributed by atoms with Crippen LogP contribution in [0.2, 0.25) is 0 Å². The maximum Gasteiger partial charge on any atom is 0.317 e. The van der Waals surface area contributed by atoms with Crippen LogP contribution in [0.15, 0.2) is 30.3 Å². The molecule has 1 fully saturated rings. The van der Waals surface area contributed by atoms with Crippen molar-refractivity contribution in [3.05, 3.63) is 35.9 Å². The maximum absolute atomic E-state index is 12.1. The number of nitrogens with one attached hydrogen (secondary N) is 1. The van der Waals surface area contributed by atoms with Gasteiger partial charge in [0, 0.05) is 26.2 Å². The quantitative estimate of drug-likeness (QED) is 0.820. The first-order valence-electron chi connectivity index (χ1n) is 8.41. The van der Waals surface area contributed by atoms with Crippen molar-refractivity contribution in [2.45, 2.75) is 45.5 Å². The number of amides is 2. The van der Waals surface area contributed by atoms with Gasteiger partial charge in [0.2, 0.25) is 0 Å². The van der Waals surface area contributed by atoms with E-state index in [4.69, 9.17) is 9.47 Å². The van der Waals surface area contributed by atoms with Crippen LogP contribution in [0.5, 0.6) is 0 Å². The average Bonchev–Trinajstić information content (AvgIpc) is 2.54. The normalized spacial score (nSPS) is 22.7. The van der Waals surface area contributed by atoms with E-state index in [1.54, 1.807) is 0 Å². The zero-order chi connectivity index (χ0) is 16.7. The molecule has 3 unspecified atom stereocenters. The molecule has 5 nitrogen and oxygen atoms in total. The van der Waals surface area contributed by atoms with Gasteiger partial charge >= 0.3 is 6.03 Å². The zero-order valence-corrected chi connectivity index (χ0v) is 14.3. The van der Waals surface area contributed by atoms with E-state index < -0.39 is 0 Å². The number of hydrogen-bond donors (Lipinski definition) is 1. The molecule has 0 aliphatic carbocycles. The second-order valence-electron chi connectivity index (χ2n) is 6.17. The molecular weight excluding hydrogens is 292 g/mol. The Morgan fingerprint density at radius 2 is 1.96 bits per heavy atom. The summed E-state index contributed by atoms with van der Waals surface area (Å²) < 4.78 is 11.4. The highest BCUT2D eigenvalue weighted by molar-refractivity contribution is 5.74. The Balaban J connectivity index is 1.61. The maximum atomic E-state index is 12.1. The highest BCUT2D eigenvalue weighted by atomic mass is 16.5. The van der Waals surface area contributed by atoms with Gasteiger partial charge in [-0.05, 0) is 32.8 Å². The van der Waals surface area contributed by atoms with E-state index in [9.17, 15) is 4.79 Å². The summed E-state index contributed by atoms with van der Waals surface area (Å²) in [6.07, 6.45) is 1.07. The number of hydrogen-bond acceptors (Lipinski definition) is 3. The number of ether oxygens (including phenoxy) is 2. The van der Waals surface area contributed by atoms with E-state index in [2.05, 4.69) is 17.4 Å². The van der Waals surface area contributed by atoms with Gasteiger partial charge in [0.1, 0.15) is 0 Å². The van der Waals surface area contributed by atoms with Crippen molar-refractivity contribution < 1.29 is 14.3 Å². The van der Waals surface area contributed by atoms with E-state index >= 15 is 0 Å². The lowest BCUT2D eigenvalue weighted by Gasteiger charge is -2.35. The van der Waals surface area contributed by atoms with Crippen molar-refractivity contribution in [2.75, 3.05) is 26.2 Å². The molecule has 2 amide bonds. The van der Waals surface area contributed by atoms with Crippen LogP contribution >= 0.6 is 0 Å². The monoisotopic (exact) mass is 320 g/mol. The molecule has 1 aromatic carbocycles. The first kappa shape index (κ1) is 17.8. The molecular formula is C18H28N2O3. The van der Waals surface area contributed by atoms with Gasteiger partial charge in [-0.1, -0.05) is 30.3 Å². The Morgan fingerprint density at radius 1 is 1.30 bits per heavy atom. The van der Waals surface area contributed by atoms with Crippen molar-refractivity contribution in [1.82, 2.24) is 10.2 Å². The van der Waals surface area contributed by atoms with Crippen molar-refractivity contribution in [2.24, 2.45) is 0 Å². The van der Waals surface area contributed by atoms with Crippen LogP contribution in [0, 0.1) is 0 Å². The first-order chi connectivity index (χ1) is 11.1. The smallest absolute Gasteiger partial charge is 0.317 e. The predicted octanol–water partition coefficient (Wildman–Crippen LogP) is 2.97. The molecule has 0 radical (unpaired) electrons. The first-order valence-corrected chi connectivity index (χ1v) is 8.41. The number of urea groups is 1. The molecule has 2 rings (SSSR count). The number of nitrogens with zero attached hydrogens (tertiary/aromatic N) is 1. The van der Waals surface area contributed by atoms with Crippen molar-refractivity contribution >= 4 is 6.03 Å². The third-order valence-corrected chi connectivity index (χ3v) is 3.94. The summed E-state index contributed by atoms with van der Waals surface area (Å²) >= 11 is 0. The van der Waals surface area contributed by atoms with Crippen molar-refractivity contribution in [1.29, 1.82) is 0 Å². The van der Waals surface area contributed by atoms with Crippen LogP contribution in [-0.2, 0) is 9.47 Å². The molecule has 128 valence electrons. The molecule has 1 heterocycles. The standard InChI is InChI=1S/C18H28N2O3/c1-14-12-20(13-15(2)23-14)18(21)19-10-7-11-22-16(3)17-8-5-4-6-9-17/h4-6,8-9,14-16H,7,10-13H2,1-3H3,(H,19,21). The lowest BCUT2D eigenvalue weighted by atomic mass is 10.1. The SMILES string of the molecule is CC1CN(C(=O)NCCCOC(C)c2ccccc2)CC(C)O1. The molecule has 3 atom stereocenters. The third-order valence-electron chi connectivity index (χ3n) is 3.94. The number of morpholine rings is 1. The average molecular weight is 320 g/mol. The Kier molecular flexibility index (Phi) is 6.86. The Morgan fingerprint density at radius 3 is 2.61 bits per heavy atom. The highest BCUT2D eigenvalue weighted by Gasteiger charge is 2.25. The zero-order valence-electron chi connectivity index (χ0n) is 14.3. The molecule has 0 spiro atoms. The topological polar surface area (TPSA) is 50.8 Å². The largest absolute Gasteiger partial charge is 0.374 e. The lowest BCUT2D eigenvalue weighted by Crippen LogP contribution is -2.51. The molecule has 1 aromatic rings. The van der Waals surface area contributed by atoms with Gasteiger partial charge in [0.05, 0.1) is 18.3 Å². The lowest BCUT2D eigenvalue weighted by molar-refractivity contribution is -0.0545. The summed E-state index contributed by atoms with van der Waals surface area (Å²) in [5.41, 5.74) is 1.17. The minimum absolute atomic E-state index is 0.0110. The fraction of sp³-hybridized carbons (Fsp3) is 0.611. The van der Waals surface area contributed by atoms with E-state index in [0.29, 0.717) is 26.2 Å². The summed E-state index contributed by atoms with van der Waals surface area (Å²) in [7, 11) is 0. The fourth-order valence-electron chi connectivity index (χ4n) is 2.80. The minimum Gasteiger partial charge on any atom is -0.374 e. The number of rotatable bonds is 6.